The third kappa shape index (κ3) is 2.51. The summed E-state index contributed by atoms with van der Waals surface area (Å²) in [5.74, 6) is 1.01. The van der Waals surface area contributed by atoms with Crippen LogP contribution in [0.5, 0.6) is 0 Å². The molecule has 5 heteroatoms. The second kappa shape index (κ2) is 4.53. The number of aliphatic carboxylic acids is 1. The van der Waals surface area contributed by atoms with Crippen LogP contribution in [0.4, 0.5) is 0 Å². The summed E-state index contributed by atoms with van der Waals surface area (Å²) in [6.45, 7) is 1.52. The zero-order chi connectivity index (χ0) is 12.7. The van der Waals surface area contributed by atoms with Crippen LogP contribution in [0.1, 0.15) is 25.7 Å². The summed E-state index contributed by atoms with van der Waals surface area (Å²) in [5.41, 5.74) is 0. The molecular weight excluding hydrogens is 234 g/mol. The molecule has 3 atom stereocenters. The smallest absolute Gasteiger partial charge is 0.306 e. The highest BCUT2D eigenvalue weighted by Crippen LogP contribution is 2.54. The molecule has 3 aliphatic rings. The van der Waals surface area contributed by atoms with Crippen LogP contribution in [0.25, 0.3) is 0 Å². The number of ether oxygens (including phenoxy) is 1. The number of amides is 1. The highest BCUT2D eigenvalue weighted by atomic mass is 16.5. The van der Waals surface area contributed by atoms with E-state index in [2.05, 4.69) is 0 Å². The molecule has 1 amide bonds. The molecule has 18 heavy (non-hydrogen) atoms. The standard InChI is InChI=1S/C13H19NO4/c15-12(16)5-9-7-14(3-4-18-9)13(17)11-6-10(11)8-1-2-8/h8-11H,1-7H2,(H,15,16). The fraction of sp³-hybridized carbons (Fsp3) is 0.846. The number of morpholine rings is 1. The summed E-state index contributed by atoms with van der Waals surface area (Å²) in [5, 5.41) is 8.75. The Hall–Kier alpha value is -1.10. The molecule has 2 saturated carbocycles. The summed E-state index contributed by atoms with van der Waals surface area (Å²) in [4.78, 5) is 24.7. The van der Waals surface area contributed by atoms with Crippen LogP contribution < -0.4 is 0 Å². The molecule has 0 aromatic carbocycles. The first-order valence-electron chi connectivity index (χ1n) is 6.77. The van der Waals surface area contributed by atoms with Gasteiger partial charge in [0.2, 0.25) is 5.91 Å². The molecule has 0 aromatic rings. The first kappa shape index (κ1) is 12.0. The number of hydrogen-bond acceptors (Lipinski definition) is 3. The van der Waals surface area contributed by atoms with Gasteiger partial charge in [-0.05, 0) is 31.1 Å². The maximum atomic E-state index is 12.3. The highest BCUT2D eigenvalue weighted by Gasteiger charge is 2.52. The lowest BCUT2D eigenvalue weighted by Crippen LogP contribution is -2.47. The lowest BCUT2D eigenvalue weighted by Gasteiger charge is -2.32. The maximum absolute atomic E-state index is 12.3. The Balaban J connectivity index is 1.52. The monoisotopic (exact) mass is 253 g/mol. The van der Waals surface area contributed by atoms with Crippen LogP contribution in [0.15, 0.2) is 0 Å². The minimum atomic E-state index is -0.864. The van der Waals surface area contributed by atoms with Gasteiger partial charge in [-0.2, -0.15) is 0 Å². The van der Waals surface area contributed by atoms with Gasteiger partial charge in [0.1, 0.15) is 0 Å². The molecule has 0 aromatic heterocycles. The number of carboxylic acid groups (broad SMARTS) is 1. The molecule has 1 saturated heterocycles. The number of rotatable bonds is 4. The number of carbonyl (C=O) groups is 2. The van der Waals surface area contributed by atoms with Gasteiger partial charge in [-0.3, -0.25) is 9.59 Å². The molecule has 0 radical (unpaired) electrons. The fourth-order valence-corrected chi connectivity index (χ4v) is 3.02. The third-order valence-electron chi connectivity index (χ3n) is 4.24. The van der Waals surface area contributed by atoms with E-state index in [9.17, 15) is 9.59 Å². The molecule has 3 unspecified atom stereocenters. The Morgan fingerprint density at radius 2 is 2.11 bits per heavy atom. The molecule has 0 bridgehead atoms. The molecule has 3 fully saturated rings. The van der Waals surface area contributed by atoms with Crippen LogP contribution in [0.2, 0.25) is 0 Å². The topological polar surface area (TPSA) is 66.8 Å². The zero-order valence-corrected chi connectivity index (χ0v) is 10.4. The number of carboxylic acids is 1. The largest absolute Gasteiger partial charge is 0.481 e. The minimum Gasteiger partial charge on any atom is -0.481 e. The van der Waals surface area contributed by atoms with E-state index < -0.39 is 5.97 Å². The normalized spacial score (nSPS) is 35.3. The Morgan fingerprint density at radius 3 is 2.78 bits per heavy atom. The zero-order valence-electron chi connectivity index (χ0n) is 10.4. The quantitative estimate of drug-likeness (QED) is 0.802. The molecule has 1 N–H and O–H groups in total. The van der Waals surface area contributed by atoms with Crippen LogP contribution in [-0.2, 0) is 14.3 Å². The highest BCUT2D eigenvalue weighted by molar-refractivity contribution is 5.82. The SMILES string of the molecule is O=C(O)CC1CN(C(=O)C2CC2C2CC2)CCO1. The van der Waals surface area contributed by atoms with E-state index in [1.807, 2.05) is 4.90 Å². The summed E-state index contributed by atoms with van der Waals surface area (Å²) in [6.07, 6.45) is 3.28. The molecule has 1 heterocycles. The molecule has 1 aliphatic heterocycles. The van der Waals surface area contributed by atoms with E-state index in [0.717, 1.165) is 12.3 Å². The van der Waals surface area contributed by atoms with Crippen molar-refractivity contribution in [1.29, 1.82) is 0 Å². The van der Waals surface area contributed by atoms with Crippen LogP contribution >= 0.6 is 0 Å². The molecule has 5 nitrogen and oxygen atoms in total. The van der Waals surface area contributed by atoms with E-state index >= 15 is 0 Å². The van der Waals surface area contributed by atoms with Crippen molar-refractivity contribution in [3.05, 3.63) is 0 Å². The van der Waals surface area contributed by atoms with Gasteiger partial charge >= 0.3 is 5.97 Å². The predicted molar refractivity (Wildman–Crippen MR) is 62.9 cm³/mol. The van der Waals surface area contributed by atoms with Gasteiger partial charge < -0.3 is 14.7 Å². The molecule has 3 rings (SSSR count). The van der Waals surface area contributed by atoms with Gasteiger partial charge in [0.25, 0.3) is 0 Å². The van der Waals surface area contributed by atoms with Gasteiger partial charge in [-0.15, -0.1) is 0 Å². The Kier molecular flexibility index (Phi) is 3.01. The number of hydrogen-bond donors (Lipinski definition) is 1. The van der Waals surface area contributed by atoms with Gasteiger partial charge in [-0.1, -0.05) is 0 Å². The van der Waals surface area contributed by atoms with Crippen LogP contribution in [-0.4, -0.2) is 47.7 Å². The Bertz CT molecular complexity index is 366. The van der Waals surface area contributed by atoms with Crippen molar-refractivity contribution in [2.24, 2.45) is 17.8 Å². The van der Waals surface area contributed by atoms with Crippen molar-refractivity contribution < 1.29 is 19.4 Å². The molecule has 0 spiro atoms. The van der Waals surface area contributed by atoms with Crippen LogP contribution in [0, 0.1) is 17.8 Å². The second-order valence-electron chi connectivity index (χ2n) is 5.72. The fourth-order valence-electron chi connectivity index (χ4n) is 3.02. The number of carbonyl (C=O) groups excluding carboxylic acids is 1. The van der Waals surface area contributed by atoms with E-state index in [4.69, 9.17) is 9.84 Å². The summed E-state index contributed by atoms with van der Waals surface area (Å²) < 4.78 is 5.38. The van der Waals surface area contributed by atoms with Crippen molar-refractivity contribution in [2.45, 2.75) is 31.8 Å². The first-order valence-corrected chi connectivity index (χ1v) is 6.77. The van der Waals surface area contributed by atoms with Gasteiger partial charge in [0.05, 0.1) is 19.1 Å². The summed E-state index contributed by atoms with van der Waals surface area (Å²) in [7, 11) is 0. The van der Waals surface area contributed by atoms with E-state index in [-0.39, 0.29) is 24.3 Å². The van der Waals surface area contributed by atoms with Crippen molar-refractivity contribution in [3.63, 3.8) is 0 Å². The minimum absolute atomic E-state index is 0.0134. The van der Waals surface area contributed by atoms with Crippen molar-refractivity contribution in [2.75, 3.05) is 19.7 Å². The number of nitrogens with zero attached hydrogens (tertiary/aromatic N) is 1. The lowest BCUT2D eigenvalue weighted by atomic mass is 10.1. The van der Waals surface area contributed by atoms with Crippen molar-refractivity contribution >= 4 is 11.9 Å². The van der Waals surface area contributed by atoms with E-state index in [1.54, 1.807) is 0 Å². The molecular formula is C13H19NO4. The predicted octanol–water partition coefficient (Wildman–Crippen LogP) is 0.735. The lowest BCUT2D eigenvalue weighted by molar-refractivity contribution is -0.148. The molecule has 100 valence electrons. The van der Waals surface area contributed by atoms with Gasteiger partial charge in [-0.25, -0.2) is 0 Å². The van der Waals surface area contributed by atoms with Crippen LogP contribution in [0.3, 0.4) is 0 Å². The Morgan fingerprint density at radius 1 is 1.33 bits per heavy atom. The summed E-state index contributed by atoms with van der Waals surface area (Å²) >= 11 is 0. The van der Waals surface area contributed by atoms with Crippen molar-refractivity contribution in [3.8, 4) is 0 Å². The van der Waals surface area contributed by atoms with Gasteiger partial charge in [0, 0.05) is 19.0 Å². The summed E-state index contributed by atoms with van der Waals surface area (Å²) in [6, 6.07) is 0. The maximum Gasteiger partial charge on any atom is 0.306 e. The third-order valence-corrected chi connectivity index (χ3v) is 4.24. The average Bonchev–Trinajstić information content (AvgIpc) is 3.17. The van der Waals surface area contributed by atoms with Crippen molar-refractivity contribution in [1.82, 2.24) is 4.90 Å². The Labute approximate surface area is 106 Å². The van der Waals surface area contributed by atoms with E-state index in [0.29, 0.717) is 25.6 Å². The second-order valence-corrected chi connectivity index (χ2v) is 5.72. The first-order chi connectivity index (χ1) is 8.65. The van der Waals surface area contributed by atoms with Gasteiger partial charge in [0.15, 0.2) is 0 Å². The molecule has 2 aliphatic carbocycles. The average molecular weight is 253 g/mol. The van der Waals surface area contributed by atoms with E-state index in [1.165, 1.54) is 12.8 Å².